The molecule has 1 unspecified atom stereocenters. The average Bonchev–Trinajstić information content (AvgIpc) is 3.23. The second kappa shape index (κ2) is 6.31. The topological polar surface area (TPSA) is 70.2 Å². The third-order valence-electron chi connectivity index (χ3n) is 4.71. The average molecular weight is 374 g/mol. The van der Waals surface area contributed by atoms with Crippen molar-refractivity contribution < 1.29 is 13.2 Å². The van der Waals surface area contributed by atoms with Gasteiger partial charge in [0.1, 0.15) is 0 Å². The highest BCUT2D eigenvalue weighted by atomic mass is 32.2. The number of carbonyl (C=O) groups excluding carboxylic acids is 1. The molecule has 1 amide bonds. The molecule has 0 saturated carbocycles. The molecule has 5 nitrogen and oxygen atoms in total. The Labute approximate surface area is 150 Å². The van der Waals surface area contributed by atoms with Gasteiger partial charge in [0.25, 0.3) is 5.91 Å². The molecule has 130 valence electrons. The molecule has 1 aliphatic heterocycles. The van der Waals surface area contributed by atoms with Crippen LogP contribution in [0.4, 0.5) is 0 Å². The van der Waals surface area contributed by atoms with Crippen LogP contribution >= 0.6 is 11.3 Å². The van der Waals surface area contributed by atoms with Gasteiger partial charge in [-0.25, -0.2) is 8.42 Å². The molecule has 0 spiro atoms. The minimum atomic E-state index is -3.25. The van der Waals surface area contributed by atoms with Gasteiger partial charge in [-0.05, 0) is 23.9 Å². The molecule has 1 N–H and O–H groups in total. The number of nitrogens with zero attached hydrogens (tertiary/aromatic N) is 1. The van der Waals surface area contributed by atoms with Gasteiger partial charge in [0.05, 0.1) is 16.6 Å². The standard InChI is InChI=1S/C18H18N2O3S2/c21-18(14-12-19-15-5-2-1-4-13(14)15)20-8-7-17(16-6-3-10-24-16)25(22,23)11-9-20/h1-6,10,12,17,19H,7-9,11H2. The largest absolute Gasteiger partial charge is 0.360 e. The number of aromatic amines is 1. The van der Waals surface area contributed by atoms with Crippen LogP contribution in [-0.2, 0) is 9.84 Å². The Bertz CT molecular complexity index is 1010. The lowest BCUT2D eigenvalue weighted by molar-refractivity contribution is 0.0768. The Hall–Kier alpha value is -2.12. The van der Waals surface area contributed by atoms with Gasteiger partial charge in [-0.3, -0.25) is 4.79 Å². The van der Waals surface area contributed by atoms with Gasteiger partial charge >= 0.3 is 0 Å². The first-order valence-corrected chi connectivity index (χ1v) is 10.8. The number of hydrogen-bond acceptors (Lipinski definition) is 4. The molecule has 4 rings (SSSR count). The van der Waals surface area contributed by atoms with Gasteiger partial charge in [-0.2, -0.15) is 0 Å². The second-order valence-corrected chi connectivity index (χ2v) is 9.48. The summed E-state index contributed by atoms with van der Waals surface area (Å²) in [5.41, 5.74) is 1.51. The van der Waals surface area contributed by atoms with Crippen LogP contribution in [0.1, 0.15) is 26.9 Å². The van der Waals surface area contributed by atoms with Crippen molar-refractivity contribution in [3.63, 3.8) is 0 Å². The Morgan fingerprint density at radius 2 is 2.00 bits per heavy atom. The van der Waals surface area contributed by atoms with Gasteiger partial charge in [0.15, 0.2) is 9.84 Å². The quantitative estimate of drug-likeness (QED) is 0.749. The highest BCUT2D eigenvalue weighted by Gasteiger charge is 2.33. The highest BCUT2D eigenvalue weighted by Crippen LogP contribution is 2.33. The fraction of sp³-hybridized carbons (Fsp3) is 0.278. The van der Waals surface area contributed by atoms with Crippen LogP contribution in [0.5, 0.6) is 0 Å². The number of H-pyrrole nitrogens is 1. The van der Waals surface area contributed by atoms with Crippen molar-refractivity contribution in [1.82, 2.24) is 9.88 Å². The van der Waals surface area contributed by atoms with Crippen LogP contribution < -0.4 is 0 Å². The summed E-state index contributed by atoms with van der Waals surface area (Å²) in [6.07, 6.45) is 2.15. The highest BCUT2D eigenvalue weighted by molar-refractivity contribution is 7.91. The molecule has 2 aromatic heterocycles. The maximum absolute atomic E-state index is 12.9. The minimum Gasteiger partial charge on any atom is -0.360 e. The van der Waals surface area contributed by atoms with Gasteiger partial charge < -0.3 is 9.88 Å². The summed E-state index contributed by atoms with van der Waals surface area (Å²) in [6.45, 7) is 0.683. The summed E-state index contributed by atoms with van der Waals surface area (Å²) in [5, 5.41) is 2.26. The van der Waals surface area contributed by atoms with E-state index in [0.717, 1.165) is 15.8 Å². The number of amides is 1. The summed E-state index contributed by atoms with van der Waals surface area (Å²) in [5.74, 6) is -0.108. The van der Waals surface area contributed by atoms with E-state index in [9.17, 15) is 13.2 Å². The number of carbonyl (C=O) groups is 1. The van der Waals surface area contributed by atoms with E-state index in [4.69, 9.17) is 0 Å². The van der Waals surface area contributed by atoms with Crippen molar-refractivity contribution in [3.8, 4) is 0 Å². The molecule has 0 aliphatic carbocycles. The van der Waals surface area contributed by atoms with Crippen molar-refractivity contribution in [2.24, 2.45) is 0 Å². The lowest BCUT2D eigenvalue weighted by Crippen LogP contribution is -2.33. The molecule has 1 saturated heterocycles. The third-order valence-corrected chi connectivity index (χ3v) is 7.95. The van der Waals surface area contributed by atoms with Gasteiger partial charge in [0, 0.05) is 35.1 Å². The van der Waals surface area contributed by atoms with Crippen LogP contribution in [0.25, 0.3) is 10.9 Å². The van der Waals surface area contributed by atoms with Crippen LogP contribution in [0.2, 0.25) is 0 Å². The summed E-state index contributed by atoms with van der Waals surface area (Å²) >= 11 is 1.46. The second-order valence-electron chi connectivity index (χ2n) is 6.20. The number of fused-ring (bicyclic) bond motifs is 1. The van der Waals surface area contributed by atoms with Crippen molar-refractivity contribution in [2.45, 2.75) is 11.7 Å². The zero-order chi connectivity index (χ0) is 17.4. The molecule has 0 bridgehead atoms. The molecule has 7 heteroatoms. The van der Waals surface area contributed by atoms with E-state index < -0.39 is 15.1 Å². The SMILES string of the molecule is O=C(c1c[nH]c2ccccc12)N1CCC(c2cccs2)S(=O)(=O)CC1. The lowest BCUT2D eigenvalue weighted by Gasteiger charge is -2.19. The molecule has 3 heterocycles. The predicted molar refractivity (Wildman–Crippen MR) is 99.7 cm³/mol. The third kappa shape index (κ3) is 2.98. The van der Waals surface area contributed by atoms with Crippen LogP contribution in [-0.4, -0.2) is 43.1 Å². The number of sulfone groups is 1. The van der Waals surface area contributed by atoms with Crippen LogP contribution in [0.3, 0.4) is 0 Å². The minimum absolute atomic E-state index is 0.00363. The van der Waals surface area contributed by atoms with E-state index >= 15 is 0 Å². The molecule has 1 aliphatic rings. The first-order chi connectivity index (χ1) is 12.1. The molecular weight excluding hydrogens is 356 g/mol. The Morgan fingerprint density at radius 3 is 2.80 bits per heavy atom. The van der Waals surface area contributed by atoms with Gasteiger partial charge in [-0.1, -0.05) is 24.3 Å². The number of aromatic nitrogens is 1. The number of benzene rings is 1. The van der Waals surface area contributed by atoms with E-state index in [1.54, 1.807) is 11.1 Å². The molecule has 1 fully saturated rings. The Kier molecular flexibility index (Phi) is 4.13. The van der Waals surface area contributed by atoms with E-state index in [2.05, 4.69) is 4.98 Å². The van der Waals surface area contributed by atoms with E-state index in [1.165, 1.54) is 11.3 Å². The summed E-state index contributed by atoms with van der Waals surface area (Å²) in [7, 11) is -3.25. The number of para-hydroxylation sites is 1. The maximum atomic E-state index is 12.9. The summed E-state index contributed by atoms with van der Waals surface area (Å²) in [6, 6.07) is 11.4. The molecule has 25 heavy (non-hydrogen) atoms. The maximum Gasteiger partial charge on any atom is 0.256 e. The summed E-state index contributed by atoms with van der Waals surface area (Å²) < 4.78 is 25.3. The molecule has 3 aromatic rings. The van der Waals surface area contributed by atoms with E-state index in [0.29, 0.717) is 18.5 Å². The monoisotopic (exact) mass is 374 g/mol. The molecule has 1 aromatic carbocycles. The molecular formula is C18H18N2O3S2. The molecule has 0 radical (unpaired) electrons. The zero-order valence-corrected chi connectivity index (χ0v) is 15.1. The Morgan fingerprint density at radius 1 is 1.16 bits per heavy atom. The van der Waals surface area contributed by atoms with Crippen molar-refractivity contribution in [2.75, 3.05) is 18.8 Å². The number of rotatable bonds is 2. The van der Waals surface area contributed by atoms with E-state index in [1.807, 2.05) is 41.8 Å². The van der Waals surface area contributed by atoms with Gasteiger partial charge in [0.2, 0.25) is 0 Å². The fourth-order valence-electron chi connectivity index (χ4n) is 3.36. The van der Waals surface area contributed by atoms with E-state index in [-0.39, 0.29) is 18.2 Å². The number of hydrogen-bond donors (Lipinski definition) is 1. The molecule has 1 atom stereocenters. The number of thiophene rings is 1. The predicted octanol–water partition coefficient (Wildman–Crippen LogP) is 3.23. The lowest BCUT2D eigenvalue weighted by atomic mass is 10.1. The summed E-state index contributed by atoms with van der Waals surface area (Å²) in [4.78, 5) is 18.6. The first kappa shape index (κ1) is 16.4. The smallest absolute Gasteiger partial charge is 0.256 e. The van der Waals surface area contributed by atoms with Gasteiger partial charge in [-0.15, -0.1) is 11.3 Å². The van der Waals surface area contributed by atoms with Crippen molar-refractivity contribution in [3.05, 3.63) is 58.4 Å². The normalized spacial score (nSPS) is 20.5. The number of nitrogens with one attached hydrogen (secondary N) is 1. The Balaban J connectivity index is 1.61. The van der Waals surface area contributed by atoms with Crippen LogP contribution in [0.15, 0.2) is 48.0 Å². The zero-order valence-electron chi connectivity index (χ0n) is 13.5. The van der Waals surface area contributed by atoms with Crippen LogP contribution in [0, 0.1) is 0 Å². The fourth-order valence-corrected chi connectivity index (χ4v) is 6.36. The van der Waals surface area contributed by atoms with Crippen molar-refractivity contribution in [1.29, 1.82) is 0 Å². The first-order valence-electron chi connectivity index (χ1n) is 8.16. The van der Waals surface area contributed by atoms with Crippen molar-refractivity contribution >= 4 is 38.0 Å².